The first-order valence-corrected chi connectivity index (χ1v) is 10.5. The zero-order valence-electron chi connectivity index (χ0n) is 14.0. The van der Waals surface area contributed by atoms with Crippen molar-refractivity contribution in [2.75, 3.05) is 13.3 Å². The molecule has 2 rings (SSSR count). The van der Waals surface area contributed by atoms with Gasteiger partial charge in [-0.25, -0.2) is 13.2 Å². The number of thiophene rings is 1. The van der Waals surface area contributed by atoms with Crippen LogP contribution in [0.2, 0.25) is 0 Å². The maximum Gasteiger partial charge on any atom is 0.317 e. The third-order valence-corrected chi connectivity index (χ3v) is 5.62. The van der Waals surface area contributed by atoms with Gasteiger partial charge in [0.15, 0.2) is 9.84 Å². The fourth-order valence-electron chi connectivity index (χ4n) is 2.36. The third-order valence-electron chi connectivity index (χ3n) is 3.76. The predicted molar refractivity (Wildman–Crippen MR) is 96.9 cm³/mol. The summed E-state index contributed by atoms with van der Waals surface area (Å²) in [7, 11) is -1.46. The molecule has 1 atom stereocenters. The molecule has 0 saturated heterocycles. The molecule has 0 radical (unpaired) electrons. The zero-order valence-corrected chi connectivity index (χ0v) is 15.7. The quantitative estimate of drug-likeness (QED) is 0.851. The van der Waals surface area contributed by atoms with Crippen molar-refractivity contribution in [1.82, 2.24) is 10.2 Å². The fraction of sp³-hybridized carbons (Fsp3) is 0.353. The lowest BCUT2D eigenvalue weighted by atomic mass is 10.1. The second kappa shape index (κ2) is 7.81. The minimum atomic E-state index is -3.21. The Morgan fingerprint density at radius 2 is 1.92 bits per heavy atom. The standard InChI is InChI=1S/C17H22N2O3S2/c1-4-16(14-5-7-15(8-6-14)24(3,21)22)18-17(20)19(2)11-13-9-10-23-12-13/h5-10,12,16H,4,11H2,1-3H3,(H,18,20)/t16-/m1/s1. The summed E-state index contributed by atoms with van der Waals surface area (Å²) in [6, 6.07) is 8.35. The number of nitrogens with zero attached hydrogens (tertiary/aromatic N) is 1. The molecular weight excluding hydrogens is 344 g/mol. The van der Waals surface area contributed by atoms with Gasteiger partial charge in [0.05, 0.1) is 10.9 Å². The third kappa shape index (κ3) is 4.82. The number of hydrogen-bond donors (Lipinski definition) is 1. The normalized spacial score (nSPS) is 12.6. The first kappa shape index (κ1) is 18.5. The highest BCUT2D eigenvalue weighted by Gasteiger charge is 2.17. The molecule has 0 bridgehead atoms. The van der Waals surface area contributed by atoms with Gasteiger partial charge >= 0.3 is 6.03 Å². The van der Waals surface area contributed by atoms with E-state index in [0.717, 1.165) is 17.5 Å². The van der Waals surface area contributed by atoms with E-state index in [1.807, 2.05) is 23.8 Å². The number of urea groups is 1. The molecule has 1 aromatic heterocycles. The van der Waals surface area contributed by atoms with E-state index in [1.165, 1.54) is 6.26 Å². The fourth-order valence-corrected chi connectivity index (χ4v) is 3.65. The Morgan fingerprint density at radius 3 is 2.42 bits per heavy atom. The van der Waals surface area contributed by atoms with Crippen LogP contribution in [0.5, 0.6) is 0 Å². The average molecular weight is 367 g/mol. The van der Waals surface area contributed by atoms with E-state index < -0.39 is 9.84 Å². The summed E-state index contributed by atoms with van der Waals surface area (Å²) in [4.78, 5) is 14.3. The molecule has 2 amide bonds. The van der Waals surface area contributed by atoms with E-state index >= 15 is 0 Å². The van der Waals surface area contributed by atoms with E-state index in [2.05, 4.69) is 5.32 Å². The van der Waals surface area contributed by atoms with Crippen LogP contribution in [-0.2, 0) is 16.4 Å². The van der Waals surface area contributed by atoms with Gasteiger partial charge in [0.1, 0.15) is 0 Å². The van der Waals surface area contributed by atoms with Gasteiger partial charge in [-0.05, 0) is 46.5 Å². The molecule has 1 aromatic carbocycles. The number of benzene rings is 1. The van der Waals surface area contributed by atoms with Gasteiger partial charge in [-0.2, -0.15) is 11.3 Å². The summed E-state index contributed by atoms with van der Waals surface area (Å²) in [5.41, 5.74) is 1.99. The number of carbonyl (C=O) groups excluding carboxylic acids is 1. The highest BCUT2D eigenvalue weighted by Crippen LogP contribution is 2.19. The summed E-state index contributed by atoms with van der Waals surface area (Å²) >= 11 is 1.60. The van der Waals surface area contributed by atoms with Gasteiger partial charge in [0, 0.05) is 19.8 Å². The van der Waals surface area contributed by atoms with Crippen LogP contribution >= 0.6 is 11.3 Å². The summed E-state index contributed by atoms with van der Waals surface area (Å²) in [6.07, 6.45) is 1.90. The topological polar surface area (TPSA) is 66.5 Å². The summed E-state index contributed by atoms with van der Waals surface area (Å²) < 4.78 is 23.1. The molecule has 24 heavy (non-hydrogen) atoms. The van der Waals surface area contributed by atoms with E-state index in [0.29, 0.717) is 6.54 Å². The van der Waals surface area contributed by atoms with Crippen molar-refractivity contribution in [1.29, 1.82) is 0 Å². The van der Waals surface area contributed by atoms with Gasteiger partial charge in [-0.15, -0.1) is 0 Å². The smallest absolute Gasteiger partial charge is 0.317 e. The Labute approximate surface area is 147 Å². The van der Waals surface area contributed by atoms with Gasteiger partial charge < -0.3 is 10.2 Å². The van der Waals surface area contributed by atoms with E-state index in [1.54, 1.807) is 47.5 Å². The van der Waals surface area contributed by atoms with Crippen molar-refractivity contribution in [3.8, 4) is 0 Å². The second-order valence-corrected chi connectivity index (χ2v) is 8.53. The van der Waals surface area contributed by atoms with Crippen LogP contribution in [0.15, 0.2) is 46.0 Å². The molecule has 0 aliphatic rings. The number of carbonyl (C=O) groups is 1. The average Bonchev–Trinajstić information content (AvgIpc) is 3.04. The first-order chi connectivity index (χ1) is 11.3. The summed E-state index contributed by atoms with van der Waals surface area (Å²) in [6.45, 7) is 2.53. The van der Waals surface area contributed by atoms with Crippen molar-refractivity contribution in [2.24, 2.45) is 0 Å². The molecule has 5 nitrogen and oxygen atoms in total. The van der Waals surface area contributed by atoms with Crippen molar-refractivity contribution >= 4 is 27.2 Å². The van der Waals surface area contributed by atoms with Crippen LogP contribution in [0.4, 0.5) is 4.79 Å². The Hall–Kier alpha value is -1.86. The van der Waals surface area contributed by atoms with E-state index in [9.17, 15) is 13.2 Å². The molecule has 2 aromatic rings. The molecule has 0 spiro atoms. The van der Waals surface area contributed by atoms with Gasteiger partial charge in [0.25, 0.3) is 0 Å². The van der Waals surface area contributed by atoms with Crippen molar-refractivity contribution < 1.29 is 13.2 Å². The summed E-state index contributed by atoms with van der Waals surface area (Å²) in [5.74, 6) is 0. The van der Waals surface area contributed by atoms with Crippen molar-refractivity contribution in [3.63, 3.8) is 0 Å². The van der Waals surface area contributed by atoms with Crippen LogP contribution in [0.3, 0.4) is 0 Å². The minimum Gasteiger partial charge on any atom is -0.331 e. The van der Waals surface area contributed by atoms with E-state index in [-0.39, 0.29) is 17.0 Å². The lowest BCUT2D eigenvalue weighted by Crippen LogP contribution is -2.38. The highest BCUT2D eigenvalue weighted by molar-refractivity contribution is 7.90. The van der Waals surface area contributed by atoms with Crippen LogP contribution in [0.25, 0.3) is 0 Å². The summed E-state index contributed by atoms with van der Waals surface area (Å²) in [5, 5.41) is 7.00. The van der Waals surface area contributed by atoms with Crippen molar-refractivity contribution in [2.45, 2.75) is 30.8 Å². The Balaban J connectivity index is 2.04. The molecule has 0 saturated carbocycles. The molecule has 0 unspecified atom stereocenters. The molecule has 0 aliphatic carbocycles. The largest absolute Gasteiger partial charge is 0.331 e. The first-order valence-electron chi connectivity index (χ1n) is 7.64. The number of nitrogens with one attached hydrogen (secondary N) is 1. The van der Waals surface area contributed by atoms with Gasteiger partial charge in [0.2, 0.25) is 0 Å². The molecule has 0 aliphatic heterocycles. The van der Waals surface area contributed by atoms with Gasteiger partial charge in [-0.3, -0.25) is 0 Å². The van der Waals surface area contributed by atoms with Crippen LogP contribution < -0.4 is 5.32 Å². The predicted octanol–water partition coefficient (Wildman–Crippen LogP) is 3.44. The highest BCUT2D eigenvalue weighted by atomic mass is 32.2. The Morgan fingerprint density at radius 1 is 1.25 bits per heavy atom. The molecule has 0 fully saturated rings. The Kier molecular flexibility index (Phi) is 6.01. The number of hydrogen-bond acceptors (Lipinski definition) is 4. The molecule has 1 N–H and O–H groups in total. The second-order valence-electron chi connectivity index (χ2n) is 5.74. The molecule has 130 valence electrons. The minimum absolute atomic E-state index is 0.153. The monoisotopic (exact) mass is 366 g/mol. The van der Waals surface area contributed by atoms with E-state index in [4.69, 9.17) is 0 Å². The maximum atomic E-state index is 12.4. The molecule has 1 heterocycles. The SMILES string of the molecule is CC[C@@H](NC(=O)N(C)Cc1ccsc1)c1ccc(S(C)(=O)=O)cc1. The zero-order chi connectivity index (χ0) is 17.7. The van der Waals surface area contributed by atoms with Gasteiger partial charge in [-0.1, -0.05) is 19.1 Å². The maximum absolute atomic E-state index is 12.4. The number of amides is 2. The number of sulfone groups is 1. The van der Waals surface area contributed by atoms with Crippen LogP contribution in [-0.4, -0.2) is 32.7 Å². The molecule has 7 heteroatoms. The van der Waals surface area contributed by atoms with Crippen LogP contribution in [0.1, 0.15) is 30.5 Å². The Bertz CT molecular complexity index is 769. The van der Waals surface area contributed by atoms with Crippen LogP contribution in [0, 0.1) is 0 Å². The lowest BCUT2D eigenvalue weighted by Gasteiger charge is -2.23. The van der Waals surface area contributed by atoms with Crippen molar-refractivity contribution in [3.05, 3.63) is 52.2 Å². The molecular formula is C17H22N2O3S2. The number of rotatable bonds is 6. The lowest BCUT2D eigenvalue weighted by molar-refractivity contribution is 0.202.